The molecule has 0 saturated heterocycles. The van der Waals surface area contributed by atoms with Gasteiger partial charge in [-0.15, -0.1) is 0 Å². The molecule has 5 heteroatoms. The van der Waals surface area contributed by atoms with Crippen LogP contribution < -0.4 is 0 Å². The molecule has 2 aliphatic heterocycles. The number of fused-ring (bicyclic) bond motifs is 4. The van der Waals surface area contributed by atoms with Crippen molar-refractivity contribution in [2.24, 2.45) is 5.92 Å². The summed E-state index contributed by atoms with van der Waals surface area (Å²) in [6.07, 6.45) is 6.09. The molecule has 146 valence electrons. The predicted octanol–water partition coefficient (Wildman–Crippen LogP) is 4.76. The smallest absolute Gasteiger partial charge is 0.337 e. The number of hydrogen-bond acceptors (Lipinski definition) is 4. The SMILES string of the molecule is CCOC(=O)C1=C2[C@H](O[Si](C)(C)C(C)(C)C)CC[C@@H]2[C@]2(C)C=C[C@@]1(C)O2. The van der Waals surface area contributed by atoms with Gasteiger partial charge in [-0.05, 0) is 63.4 Å². The summed E-state index contributed by atoms with van der Waals surface area (Å²) in [6.45, 7) is 17.6. The van der Waals surface area contributed by atoms with E-state index in [-0.39, 0.29) is 28.6 Å². The molecule has 0 aromatic heterocycles. The predicted molar refractivity (Wildman–Crippen MR) is 105 cm³/mol. The largest absolute Gasteiger partial charge is 0.463 e. The summed E-state index contributed by atoms with van der Waals surface area (Å²) in [5.41, 5.74) is 0.740. The topological polar surface area (TPSA) is 44.8 Å². The molecule has 4 nitrogen and oxygen atoms in total. The average Bonchev–Trinajstić information content (AvgIpc) is 3.00. The highest BCUT2D eigenvalue weighted by molar-refractivity contribution is 6.74. The fourth-order valence-corrected chi connectivity index (χ4v) is 5.73. The minimum Gasteiger partial charge on any atom is -0.463 e. The van der Waals surface area contributed by atoms with E-state index < -0.39 is 13.9 Å². The Morgan fingerprint density at radius 1 is 1.27 bits per heavy atom. The summed E-state index contributed by atoms with van der Waals surface area (Å²) in [4.78, 5) is 12.9. The summed E-state index contributed by atoms with van der Waals surface area (Å²) in [5.74, 6) is -0.0715. The van der Waals surface area contributed by atoms with E-state index in [0.29, 0.717) is 12.2 Å². The van der Waals surface area contributed by atoms with E-state index in [1.807, 2.05) is 19.9 Å². The van der Waals surface area contributed by atoms with Gasteiger partial charge >= 0.3 is 5.97 Å². The Morgan fingerprint density at radius 3 is 2.50 bits per heavy atom. The van der Waals surface area contributed by atoms with Crippen LogP contribution in [0.1, 0.15) is 54.4 Å². The minimum absolute atomic E-state index is 0.0113. The van der Waals surface area contributed by atoms with Gasteiger partial charge in [0, 0.05) is 5.92 Å². The Bertz CT molecular complexity index is 672. The quantitative estimate of drug-likeness (QED) is 0.402. The van der Waals surface area contributed by atoms with E-state index in [1.165, 1.54) is 0 Å². The maximum absolute atomic E-state index is 12.9. The zero-order valence-corrected chi connectivity index (χ0v) is 18.6. The molecule has 0 aromatic rings. The first-order valence-corrected chi connectivity index (χ1v) is 12.8. The van der Waals surface area contributed by atoms with Crippen molar-refractivity contribution < 1.29 is 18.7 Å². The van der Waals surface area contributed by atoms with Crippen LogP contribution in [0.15, 0.2) is 23.3 Å². The van der Waals surface area contributed by atoms with E-state index in [0.717, 1.165) is 18.4 Å². The maximum Gasteiger partial charge on any atom is 0.337 e. The molecule has 26 heavy (non-hydrogen) atoms. The van der Waals surface area contributed by atoms with E-state index in [9.17, 15) is 4.79 Å². The van der Waals surface area contributed by atoms with Crippen LogP contribution in [-0.2, 0) is 18.7 Å². The molecule has 0 spiro atoms. The van der Waals surface area contributed by atoms with E-state index >= 15 is 0 Å². The Balaban J connectivity index is 2.07. The number of rotatable bonds is 4. The first-order chi connectivity index (χ1) is 11.8. The van der Waals surface area contributed by atoms with E-state index in [2.05, 4.69) is 46.9 Å². The fourth-order valence-electron chi connectivity index (χ4n) is 4.42. The zero-order chi connectivity index (χ0) is 19.5. The van der Waals surface area contributed by atoms with Crippen LogP contribution in [0.4, 0.5) is 0 Å². The lowest BCUT2D eigenvalue weighted by molar-refractivity contribution is -0.146. The molecule has 2 heterocycles. The van der Waals surface area contributed by atoms with Crippen molar-refractivity contribution in [3.63, 3.8) is 0 Å². The van der Waals surface area contributed by atoms with Crippen LogP contribution in [0.3, 0.4) is 0 Å². The number of hydrogen-bond donors (Lipinski definition) is 0. The Labute approximate surface area is 159 Å². The molecule has 1 fully saturated rings. The van der Waals surface area contributed by atoms with Gasteiger partial charge in [0.25, 0.3) is 0 Å². The van der Waals surface area contributed by atoms with Crippen molar-refractivity contribution in [1.29, 1.82) is 0 Å². The van der Waals surface area contributed by atoms with Gasteiger partial charge in [0.05, 0.1) is 23.9 Å². The van der Waals surface area contributed by atoms with Gasteiger partial charge in [0.15, 0.2) is 8.32 Å². The standard InChI is InChI=1S/C21H34O4Si/c1-9-23-18(22)17-16-14(20(5)12-13-21(17,6)25-20)10-11-15(16)24-26(7,8)19(2,3)4/h12-15H,9-11H2,1-8H3/t14-,15+,20-,21+/m0/s1. The second-order valence-corrected chi connectivity index (χ2v) is 14.5. The molecule has 2 bridgehead atoms. The van der Waals surface area contributed by atoms with Gasteiger partial charge in [0.1, 0.15) is 5.60 Å². The Morgan fingerprint density at radius 2 is 1.92 bits per heavy atom. The number of esters is 1. The van der Waals surface area contributed by atoms with Crippen molar-refractivity contribution in [1.82, 2.24) is 0 Å². The lowest BCUT2D eigenvalue weighted by Gasteiger charge is -2.45. The van der Waals surface area contributed by atoms with E-state index in [1.54, 1.807) is 0 Å². The molecular formula is C21H34O4Si. The molecular weight excluding hydrogens is 344 g/mol. The monoisotopic (exact) mass is 378 g/mol. The summed E-state index contributed by atoms with van der Waals surface area (Å²) in [7, 11) is -1.95. The first-order valence-electron chi connectivity index (χ1n) is 9.85. The van der Waals surface area contributed by atoms with Crippen molar-refractivity contribution >= 4 is 14.3 Å². The molecule has 1 saturated carbocycles. The van der Waals surface area contributed by atoms with Gasteiger partial charge in [-0.1, -0.05) is 26.8 Å². The first kappa shape index (κ1) is 19.8. The number of ether oxygens (including phenoxy) is 2. The minimum atomic E-state index is -1.95. The van der Waals surface area contributed by atoms with Crippen molar-refractivity contribution in [3.8, 4) is 0 Å². The zero-order valence-electron chi connectivity index (χ0n) is 17.6. The highest BCUT2D eigenvalue weighted by Crippen LogP contribution is 2.56. The van der Waals surface area contributed by atoms with Gasteiger partial charge < -0.3 is 13.9 Å². The lowest BCUT2D eigenvalue weighted by Crippen LogP contribution is -2.50. The normalized spacial score (nSPS) is 36.5. The van der Waals surface area contributed by atoms with Crippen molar-refractivity contribution in [3.05, 3.63) is 23.3 Å². The van der Waals surface area contributed by atoms with Gasteiger partial charge in [-0.2, -0.15) is 0 Å². The van der Waals surface area contributed by atoms with Gasteiger partial charge in [-0.3, -0.25) is 0 Å². The summed E-state index contributed by atoms with van der Waals surface area (Å²) >= 11 is 0. The summed E-state index contributed by atoms with van der Waals surface area (Å²) < 4.78 is 18.6. The van der Waals surface area contributed by atoms with Crippen LogP contribution in [0.2, 0.25) is 18.1 Å². The van der Waals surface area contributed by atoms with E-state index in [4.69, 9.17) is 13.9 Å². The van der Waals surface area contributed by atoms with Crippen LogP contribution in [-0.4, -0.2) is 38.2 Å². The second kappa shape index (κ2) is 6.04. The highest BCUT2D eigenvalue weighted by Gasteiger charge is 2.59. The van der Waals surface area contributed by atoms with Crippen LogP contribution >= 0.6 is 0 Å². The molecule has 0 amide bonds. The fraction of sp³-hybridized carbons (Fsp3) is 0.762. The Kier molecular flexibility index (Phi) is 4.61. The van der Waals surface area contributed by atoms with Crippen LogP contribution in [0, 0.1) is 5.92 Å². The molecule has 1 aliphatic carbocycles. The highest BCUT2D eigenvalue weighted by atomic mass is 28.4. The van der Waals surface area contributed by atoms with Crippen molar-refractivity contribution in [2.45, 2.75) is 89.8 Å². The Hall–Kier alpha value is -0.913. The molecule has 0 unspecified atom stereocenters. The van der Waals surface area contributed by atoms with Crippen molar-refractivity contribution in [2.75, 3.05) is 6.61 Å². The lowest BCUT2D eigenvalue weighted by atomic mass is 9.79. The molecule has 0 radical (unpaired) electrons. The third kappa shape index (κ3) is 2.92. The van der Waals surface area contributed by atoms with Gasteiger partial charge in [0.2, 0.25) is 0 Å². The number of carbonyl (C=O) groups excluding carboxylic acids is 1. The molecule has 0 aromatic carbocycles. The molecule has 3 rings (SSSR count). The summed E-state index contributed by atoms with van der Waals surface area (Å²) in [5, 5.41) is 0.131. The van der Waals surface area contributed by atoms with Gasteiger partial charge in [-0.25, -0.2) is 4.79 Å². The van der Waals surface area contributed by atoms with Crippen LogP contribution in [0.5, 0.6) is 0 Å². The molecule has 3 aliphatic rings. The average molecular weight is 379 g/mol. The second-order valence-electron chi connectivity index (χ2n) is 9.77. The third-order valence-corrected chi connectivity index (χ3v) is 11.3. The molecule has 4 atom stereocenters. The maximum atomic E-state index is 12.9. The molecule has 0 N–H and O–H groups in total. The summed E-state index contributed by atoms with van der Waals surface area (Å²) in [6, 6.07) is 0. The number of carbonyl (C=O) groups is 1. The van der Waals surface area contributed by atoms with Crippen LogP contribution in [0.25, 0.3) is 0 Å². The third-order valence-electron chi connectivity index (χ3n) is 6.80.